The van der Waals surface area contributed by atoms with E-state index in [9.17, 15) is 22.8 Å². The van der Waals surface area contributed by atoms with Crippen molar-refractivity contribution in [1.29, 1.82) is 0 Å². The second-order valence-electron chi connectivity index (χ2n) is 9.81. The van der Waals surface area contributed by atoms with Crippen LogP contribution in [0.2, 0.25) is 0 Å². The van der Waals surface area contributed by atoms with Crippen LogP contribution in [0.15, 0.2) is 24.5 Å². The number of amides is 2. The van der Waals surface area contributed by atoms with E-state index in [1.165, 1.54) is 12.4 Å². The molecule has 3 fully saturated rings. The molecule has 1 aromatic heterocycles. The minimum atomic E-state index is -4.47. The lowest BCUT2D eigenvalue weighted by Gasteiger charge is -2.47. The first-order valence-electron chi connectivity index (χ1n) is 12.1. The molecule has 8 nitrogen and oxygen atoms in total. The van der Waals surface area contributed by atoms with Crippen LogP contribution in [-0.2, 0) is 15.8 Å². The Hall–Kier alpha value is -2.95. The van der Waals surface area contributed by atoms with Crippen LogP contribution in [0.5, 0.6) is 0 Å². The Morgan fingerprint density at radius 2 is 1.89 bits per heavy atom. The van der Waals surface area contributed by atoms with E-state index >= 15 is 0 Å². The van der Waals surface area contributed by atoms with E-state index in [1.807, 2.05) is 0 Å². The summed E-state index contributed by atoms with van der Waals surface area (Å²) in [5.74, 6) is 0.716. The first kappa shape index (κ1) is 23.8. The van der Waals surface area contributed by atoms with Gasteiger partial charge in [-0.3, -0.25) is 14.5 Å². The second kappa shape index (κ2) is 9.60. The lowest BCUT2D eigenvalue weighted by Crippen LogP contribution is -2.63. The van der Waals surface area contributed by atoms with Gasteiger partial charge in [-0.25, -0.2) is 9.97 Å². The molecule has 3 aliphatic rings. The number of carbonyl (C=O) groups excluding carboxylic acids is 2. The summed E-state index contributed by atoms with van der Waals surface area (Å²) in [4.78, 5) is 34.3. The molecule has 3 heterocycles. The predicted octanol–water partition coefficient (Wildman–Crippen LogP) is 2.70. The number of likely N-dealkylation sites (tertiary alicyclic amines) is 1. The lowest BCUT2D eigenvalue weighted by atomic mass is 9.79. The molecule has 5 rings (SSSR count). The SMILES string of the molecule is O=C(CNc1ncnc2ccc(C(F)(F)F)cc12)NC1CN([C@H]2CC[C@@H](C3CCC(=O)N3)CC2)C1. The monoisotopic (exact) mass is 490 g/mol. The Bertz CT molecular complexity index is 1100. The fraction of sp³-hybridized carbons (Fsp3) is 0.583. The van der Waals surface area contributed by atoms with Crippen LogP contribution in [0.25, 0.3) is 10.9 Å². The van der Waals surface area contributed by atoms with Gasteiger partial charge in [0.15, 0.2) is 0 Å². The molecule has 0 spiro atoms. The second-order valence-corrected chi connectivity index (χ2v) is 9.81. The fourth-order valence-corrected chi connectivity index (χ4v) is 5.58. The predicted molar refractivity (Wildman–Crippen MR) is 123 cm³/mol. The maximum Gasteiger partial charge on any atom is 0.416 e. The standard InChI is InChI=1S/C24H29F3N6O2/c25-24(26,27)15-3-6-20-18(9-15)23(30-13-29-20)28-10-22(35)31-16-11-33(12-16)17-4-1-14(2-5-17)19-7-8-21(34)32-19/h3,6,9,13-14,16-17,19H,1-2,4-5,7-8,10-12H2,(H,31,35)(H,32,34)(H,28,29,30)/t14-,17+,19?. The third kappa shape index (κ3) is 5.34. The molecule has 0 bridgehead atoms. The zero-order valence-corrected chi connectivity index (χ0v) is 19.3. The van der Waals surface area contributed by atoms with E-state index in [0.717, 1.165) is 57.3 Å². The first-order chi connectivity index (χ1) is 16.8. The van der Waals surface area contributed by atoms with Crippen molar-refractivity contribution < 1.29 is 22.8 Å². The van der Waals surface area contributed by atoms with Gasteiger partial charge in [0.1, 0.15) is 12.1 Å². The van der Waals surface area contributed by atoms with Crippen LogP contribution in [0.3, 0.4) is 0 Å². The highest BCUT2D eigenvalue weighted by Crippen LogP contribution is 2.34. The van der Waals surface area contributed by atoms with Crippen LogP contribution >= 0.6 is 0 Å². The topological polar surface area (TPSA) is 99.2 Å². The molecule has 1 saturated carbocycles. The van der Waals surface area contributed by atoms with Gasteiger partial charge in [-0.05, 0) is 56.2 Å². The Kier molecular flexibility index (Phi) is 6.52. The van der Waals surface area contributed by atoms with Gasteiger partial charge in [0.05, 0.1) is 23.7 Å². The van der Waals surface area contributed by atoms with E-state index in [-0.39, 0.29) is 35.6 Å². The maximum absolute atomic E-state index is 13.1. The number of hydrogen-bond acceptors (Lipinski definition) is 6. The van der Waals surface area contributed by atoms with E-state index in [1.54, 1.807) is 0 Å². The first-order valence-corrected chi connectivity index (χ1v) is 12.1. The number of carbonyl (C=O) groups is 2. The van der Waals surface area contributed by atoms with E-state index < -0.39 is 11.7 Å². The van der Waals surface area contributed by atoms with Gasteiger partial charge in [-0.15, -0.1) is 0 Å². The molecular weight excluding hydrogens is 461 g/mol. The lowest BCUT2D eigenvalue weighted by molar-refractivity contribution is -0.137. The van der Waals surface area contributed by atoms with E-state index in [2.05, 4.69) is 30.8 Å². The molecule has 2 aliphatic heterocycles. The Morgan fingerprint density at radius 1 is 1.11 bits per heavy atom. The van der Waals surface area contributed by atoms with E-state index in [0.29, 0.717) is 29.9 Å². The average Bonchev–Trinajstić information content (AvgIpc) is 3.25. The number of nitrogens with zero attached hydrogens (tertiary/aromatic N) is 3. The Morgan fingerprint density at radius 3 is 2.57 bits per heavy atom. The molecule has 1 unspecified atom stereocenters. The van der Waals surface area contributed by atoms with Crippen LogP contribution < -0.4 is 16.0 Å². The largest absolute Gasteiger partial charge is 0.416 e. The average molecular weight is 491 g/mol. The third-order valence-electron chi connectivity index (χ3n) is 7.51. The highest BCUT2D eigenvalue weighted by atomic mass is 19.4. The summed E-state index contributed by atoms with van der Waals surface area (Å²) in [6.07, 6.45) is 2.85. The summed E-state index contributed by atoms with van der Waals surface area (Å²) in [5, 5.41) is 9.16. The quantitative estimate of drug-likeness (QED) is 0.576. The van der Waals surface area contributed by atoms with Crippen LogP contribution in [-0.4, -0.2) is 64.4 Å². The molecule has 0 radical (unpaired) electrons. The molecule has 1 aliphatic carbocycles. The molecule has 188 valence electrons. The number of rotatable bonds is 6. The molecule has 3 N–H and O–H groups in total. The van der Waals surface area contributed by atoms with Gasteiger partial charge in [0.2, 0.25) is 11.8 Å². The minimum Gasteiger partial charge on any atom is -0.360 e. The molecular formula is C24H29F3N6O2. The number of nitrogens with one attached hydrogen (secondary N) is 3. The van der Waals surface area contributed by atoms with Crippen LogP contribution in [0.1, 0.15) is 44.1 Å². The number of fused-ring (bicyclic) bond motifs is 1. The Balaban J connectivity index is 1.07. The normalized spacial score (nSPS) is 25.8. The van der Waals surface area contributed by atoms with Crippen molar-refractivity contribution in [3.05, 3.63) is 30.1 Å². The number of anilines is 1. The number of alkyl halides is 3. The van der Waals surface area contributed by atoms with Crippen molar-refractivity contribution in [3.63, 3.8) is 0 Å². The van der Waals surface area contributed by atoms with Gasteiger partial charge in [0.25, 0.3) is 0 Å². The smallest absolute Gasteiger partial charge is 0.360 e. The van der Waals surface area contributed by atoms with Crippen molar-refractivity contribution >= 4 is 28.5 Å². The number of hydrogen-bond donors (Lipinski definition) is 3. The highest BCUT2D eigenvalue weighted by molar-refractivity contribution is 5.91. The highest BCUT2D eigenvalue weighted by Gasteiger charge is 2.38. The summed E-state index contributed by atoms with van der Waals surface area (Å²) in [5.41, 5.74) is -0.417. The minimum absolute atomic E-state index is 0.0649. The summed E-state index contributed by atoms with van der Waals surface area (Å²) >= 11 is 0. The van der Waals surface area contributed by atoms with Gasteiger partial charge in [0, 0.05) is 37.0 Å². The van der Waals surface area contributed by atoms with Crippen molar-refractivity contribution in [2.75, 3.05) is 25.0 Å². The number of aromatic nitrogens is 2. The molecule has 11 heteroatoms. The molecule has 2 amide bonds. The van der Waals surface area contributed by atoms with Crippen LogP contribution in [0.4, 0.5) is 19.0 Å². The van der Waals surface area contributed by atoms with Crippen molar-refractivity contribution in [2.45, 2.75) is 62.8 Å². The molecule has 35 heavy (non-hydrogen) atoms. The van der Waals surface area contributed by atoms with Gasteiger partial charge in [-0.1, -0.05) is 0 Å². The molecule has 1 atom stereocenters. The van der Waals surface area contributed by atoms with Crippen molar-refractivity contribution in [1.82, 2.24) is 25.5 Å². The number of halogens is 3. The van der Waals surface area contributed by atoms with Gasteiger partial charge in [-0.2, -0.15) is 13.2 Å². The molecule has 1 aromatic carbocycles. The fourth-order valence-electron chi connectivity index (χ4n) is 5.58. The third-order valence-corrected chi connectivity index (χ3v) is 7.51. The van der Waals surface area contributed by atoms with Crippen molar-refractivity contribution in [2.24, 2.45) is 5.92 Å². The van der Waals surface area contributed by atoms with E-state index in [4.69, 9.17) is 0 Å². The van der Waals surface area contributed by atoms with Crippen LogP contribution in [0, 0.1) is 5.92 Å². The maximum atomic E-state index is 13.1. The summed E-state index contributed by atoms with van der Waals surface area (Å²) < 4.78 is 39.2. The Labute approximate surface area is 201 Å². The summed E-state index contributed by atoms with van der Waals surface area (Å²) in [6.45, 7) is 1.51. The zero-order valence-electron chi connectivity index (χ0n) is 19.3. The zero-order chi connectivity index (χ0) is 24.6. The molecule has 2 saturated heterocycles. The van der Waals surface area contributed by atoms with Crippen molar-refractivity contribution in [3.8, 4) is 0 Å². The number of benzene rings is 1. The molecule has 2 aromatic rings. The summed E-state index contributed by atoms with van der Waals surface area (Å²) in [7, 11) is 0. The van der Waals surface area contributed by atoms with Gasteiger partial charge < -0.3 is 16.0 Å². The van der Waals surface area contributed by atoms with Gasteiger partial charge >= 0.3 is 6.18 Å². The summed E-state index contributed by atoms with van der Waals surface area (Å²) in [6, 6.07) is 4.19.